The highest BCUT2D eigenvalue weighted by Gasteiger charge is 2.46. The summed E-state index contributed by atoms with van der Waals surface area (Å²) in [6, 6.07) is 4.87. The van der Waals surface area contributed by atoms with Crippen LogP contribution in [-0.2, 0) is 14.3 Å². The fourth-order valence-electron chi connectivity index (χ4n) is 3.43. The molecule has 2 atom stereocenters. The number of carbonyl (C=O) groups excluding carboxylic acids is 2. The lowest BCUT2D eigenvalue weighted by molar-refractivity contribution is -0.139. The molecule has 156 valence electrons. The molecule has 0 aromatic heterocycles. The van der Waals surface area contributed by atoms with Crippen LogP contribution in [0.1, 0.15) is 46.2 Å². The number of thioether (sulfide) groups is 1. The lowest BCUT2D eigenvalue weighted by atomic mass is 9.94. The summed E-state index contributed by atoms with van der Waals surface area (Å²) in [5, 5.41) is 0.338. The zero-order valence-electron chi connectivity index (χ0n) is 17.4. The third-order valence-corrected chi connectivity index (χ3v) is 5.69. The van der Waals surface area contributed by atoms with Crippen molar-refractivity contribution in [3.05, 3.63) is 35.0 Å². The summed E-state index contributed by atoms with van der Waals surface area (Å²) < 4.78 is 16.7. The Bertz CT molecular complexity index is 880. The van der Waals surface area contributed by atoms with Gasteiger partial charge in [-0.3, -0.25) is 9.69 Å². The van der Waals surface area contributed by atoms with Crippen LogP contribution in [0.3, 0.4) is 0 Å². The van der Waals surface area contributed by atoms with Crippen LogP contribution < -0.4 is 9.47 Å². The normalized spacial score (nSPS) is 21.1. The third kappa shape index (κ3) is 3.99. The van der Waals surface area contributed by atoms with Crippen LogP contribution in [0.2, 0.25) is 0 Å². The van der Waals surface area contributed by atoms with Gasteiger partial charge in [0.2, 0.25) is 5.91 Å². The zero-order chi connectivity index (χ0) is 21.1. The number of rotatable bonds is 7. The van der Waals surface area contributed by atoms with E-state index in [0.29, 0.717) is 41.2 Å². The summed E-state index contributed by atoms with van der Waals surface area (Å²) in [6.45, 7) is 10.4. The smallest absolute Gasteiger partial charge is 0.338 e. The first-order valence-corrected chi connectivity index (χ1v) is 10.7. The molecule has 0 N–H and O–H groups in total. The highest BCUT2D eigenvalue weighted by molar-refractivity contribution is 8.15. The van der Waals surface area contributed by atoms with E-state index in [1.807, 2.05) is 39.0 Å². The van der Waals surface area contributed by atoms with Gasteiger partial charge in [-0.05, 0) is 52.3 Å². The standard InChI is InChI=1S/C21H26N2O5S/c1-6-26-15-10-9-14(11-16(15)27-7-2)18-17(20(25)28-8-3)12(4)22-21-23(18)19(24)13(5)29-21/h9-11,13,18H,6-8H2,1-5H3/t13-,18-/m1/s1. The molecule has 1 amide bonds. The van der Waals surface area contributed by atoms with Gasteiger partial charge in [-0.2, -0.15) is 0 Å². The van der Waals surface area contributed by atoms with Crippen molar-refractivity contribution >= 4 is 28.8 Å². The summed E-state index contributed by atoms with van der Waals surface area (Å²) in [5.74, 6) is 0.641. The predicted octanol–water partition coefficient (Wildman–Crippen LogP) is 3.70. The van der Waals surface area contributed by atoms with Crippen molar-refractivity contribution in [1.82, 2.24) is 4.90 Å². The lowest BCUT2D eigenvalue weighted by Gasteiger charge is -2.33. The van der Waals surface area contributed by atoms with Gasteiger partial charge in [0.25, 0.3) is 0 Å². The van der Waals surface area contributed by atoms with E-state index < -0.39 is 12.0 Å². The molecule has 3 rings (SSSR count). The number of allylic oxidation sites excluding steroid dienone is 1. The molecule has 2 aliphatic heterocycles. The van der Waals surface area contributed by atoms with Gasteiger partial charge in [0.05, 0.1) is 42.4 Å². The Balaban J connectivity index is 2.14. The van der Waals surface area contributed by atoms with Gasteiger partial charge in [0.15, 0.2) is 16.7 Å². The Hall–Kier alpha value is -2.48. The minimum Gasteiger partial charge on any atom is -0.490 e. The largest absolute Gasteiger partial charge is 0.490 e. The number of carbonyl (C=O) groups is 2. The molecular weight excluding hydrogens is 392 g/mol. The molecule has 2 heterocycles. The monoisotopic (exact) mass is 418 g/mol. The van der Waals surface area contributed by atoms with Gasteiger partial charge in [-0.15, -0.1) is 0 Å². The second-order valence-electron chi connectivity index (χ2n) is 6.56. The summed E-state index contributed by atoms with van der Waals surface area (Å²) in [4.78, 5) is 31.8. The summed E-state index contributed by atoms with van der Waals surface area (Å²) in [7, 11) is 0. The van der Waals surface area contributed by atoms with Gasteiger partial charge < -0.3 is 14.2 Å². The fourth-order valence-corrected chi connectivity index (χ4v) is 4.45. The summed E-state index contributed by atoms with van der Waals surface area (Å²) in [5.41, 5.74) is 1.67. The molecule has 29 heavy (non-hydrogen) atoms. The topological polar surface area (TPSA) is 77.4 Å². The molecule has 2 aliphatic rings. The number of esters is 1. The third-order valence-electron chi connectivity index (χ3n) is 4.64. The summed E-state index contributed by atoms with van der Waals surface area (Å²) in [6.07, 6.45) is 0. The molecule has 0 radical (unpaired) electrons. The Labute approximate surface area is 175 Å². The molecule has 1 aromatic carbocycles. The van der Waals surface area contributed by atoms with Crippen LogP contribution in [0.15, 0.2) is 34.5 Å². The van der Waals surface area contributed by atoms with Crippen molar-refractivity contribution in [3.63, 3.8) is 0 Å². The van der Waals surface area contributed by atoms with Gasteiger partial charge in [0, 0.05) is 0 Å². The number of hydrogen-bond acceptors (Lipinski definition) is 7. The minimum atomic E-state index is -0.624. The number of nitrogens with zero attached hydrogens (tertiary/aromatic N) is 2. The number of amidine groups is 1. The average molecular weight is 419 g/mol. The van der Waals surface area contributed by atoms with Crippen molar-refractivity contribution in [1.29, 1.82) is 0 Å². The van der Waals surface area contributed by atoms with Gasteiger partial charge in [0.1, 0.15) is 0 Å². The van der Waals surface area contributed by atoms with E-state index in [-0.39, 0.29) is 17.8 Å². The zero-order valence-corrected chi connectivity index (χ0v) is 18.2. The van der Waals surface area contributed by atoms with Crippen molar-refractivity contribution in [2.24, 2.45) is 4.99 Å². The maximum absolute atomic E-state index is 12.9. The first-order chi connectivity index (χ1) is 13.9. The van der Waals surface area contributed by atoms with Gasteiger partial charge >= 0.3 is 5.97 Å². The van der Waals surface area contributed by atoms with E-state index >= 15 is 0 Å². The maximum atomic E-state index is 12.9. The first kappa shape index (κ1) is 21.2. The van der Waals surface area contributed by atoms with E-state index in [2.05, 4.69) is 4.99 Å². The highest BCUT2D eigenvalue weighted by atomic mass is 32.2. The van der Waals surface area contributed by atoms with E-state index in [1.165, 1.54) is 11.8 Å². The molecule has 8 heteroatoms. The number of ether oxygens (including phenoxy) is 3. The second kappa shape index (κ2) is 8.90. The Morgan fingerprint density at radius 3 is 2.48 bits per heavy atom. The van der Waals surface area contributed by atoms with E-state index in [0.717, 1.165) is 5.56 Å². The van der Waals surface area contributed by atoms with Crippen LogP contribution in [0, 0.1) is 0 Å². The summed E-state index contributed by atoms with van der Waals surface area (Å²) >= 11 is 1.40. The SMILES string of the molecule is CCOC(=O)C1=C(C)N=C2S[C@H](C)C(=O)N2[C@@H]1c1ccc(OCC)c(OCC)c1. The van der Waals surface area contributed by atoms with Gasteiger partial charge in [-0.1, -0.05) is 17.8 Å². The van der Waals surface area contributed by atoms with Crippen molar-refractivity contribution < 1.29 is 23.8 Å². The number of benzene rings is 1. The van der Waals surface area contributed by atoms with Crippen LogP contribution in [0.4, 0.5) is 0 Å². The minimum absolute atomic E-state index is 0.0834. The predicted molar refractivity (Wildman–Crippen MR) is 112 cm³/mol. The molecule has 0 bridgehead atoms. The molecule has 0 unspecified atom stereocenters. The molecule has 1 saturated heterocycles. The van der Waals surface area contributed by atoms with E-state index in [9.17, 15) is 9.59 Å². The molecular formula is C21H26N2O5S. The van der Waals surface area contributed by atoms with Crippen molar-refractivity contribution in [3.8, 4) is 11.5 Å². The maximum Gasteiger partial charge on any atom is 0.338 e. The molecule has 1 fully saturated rings. The van der Waals surface area contributed by atoms with E-state index in [4.69, 9.17) is 14.2 Å². The lowest BCUT2D eigenvalue weighted by Crippen LogP contribution is -2.40. The van der Waals surface area contributed by atoms with E-state index in [1.54, 1.807) is 18.7 Å². The Morgan fingerprint density at radius 1 is 1.14 bits per heavy atom. The van der Waals surface area contributed by atoms with Crippen molar-refractivity contribution in [2.75, 3.05) is 19.8 Å². The van der Waals surface area contributed by atoms with Crippen LogP contribution >= 0.6 is 11.8 Å². The first-order valence-electron chi connectivity index (χ1n) is 9.78. The van der Waals surface area contributed by atoms with Crippen molar-refractivity contribution in [2.45, 2.75) is 45.9 Å². The molecule has 1 aromatic rings. The quantitative estimate of drug-likeness (QED) is 0.629. The average Bonchev–Trinajstić information content (AvgIpc) is 2.96. The van der Waals surface area contributed by atoms with Crippen LogP contribution in [0.5, 0.6) is 11.5 Å². The molecule has 7 nitrogen and oxygen atoms in total. The second-order valence-corrected chi connectivity index (χ2v) is 7.86. The van der Waals surface area contributed by atoms with Crippen LogP contribution in [-0.4, -0.2) is 47.0 Å². The molecule has 0 saturated carbocycles. The number of fused-ring (bicyclic) bond motifs is 1. The number of aliphatic imine (C=N–C) groups is 1. The molecule has 0 aliphatic carbocycles. The van der Waals surface area contributed by atoms with Gasteiger partial charge in [-0.25, -0.2) is 9.79 Å². The fraction of sp³-hybridized carbons (Fsp3) is 0.476. The Morgan fingerprint density at radius 2 is 1.83 bits per heavy atom. The highest BCUT2D eigenvalue weighted by Crippen LogP contribution is 2.44. The number of hydrogen-bond donors (Lipinski definition) is 0. The van der Waals surface area contributed by atoms with Crippen LogP contribution in [0.25, 0.3) is 0 Å². The number of amides is 1. The Kier molecular flexibility index (Phi) is 6.52. The molecule has 0 spiro atoms.